The van der Waals surface area contributed by atoms with E-state index in [1.54, 1.807) is 0 Å². The number of carbonyl (C=O) groups excluding carboxylic acids is 1. The Morgan fingerprint density at radius 1 is 1.22 bits per heavy atom. The highest BCUT2D eigenvalue weighted by molar-refractivity contribution is 8.00. The van der Waals surface area contributed by atoms with Crippen molar-refractivity contribution in [1.82, 2.24) is 4.90 Å². The van der Waals surface area contributed by atoms with Gasteiger partial charge in [-0.05, 0) is 12.1 Å². The van der Waals surface area contributed by atoms with Crippen molar-refractivity contribution in [3.05, 3.63) is 35.9 Å². The van der Waals surface area contributed by atoms with E-state index in [1.165, 1.54) is 0 Å². The molecule has 2 aliphatic rings. The smallest absolute Gasteiger partial charge is 0.253 e. The number of likely N-dealkylation sites (tertiary alicyclic amines) is 1. The van der Waals surface area contributed by atoms with Gasteiger partial charge in [-0.3, -0.25) is 4.79 Å². The molecule has 0 unspecified atom stereocenters. The Morgan fingerprint density at radius 3 is 2.56 bits per heavy atom. The van der Waals surface area contributed by atoms with Crippen LogP contribution < -0.4 is 0 Å². The maximum atomic E-state index is 12.3. The van der Waals surface area contributed by atoms with Gasteiger partial charge in [0.2, 0.25) is 0 Å². The molecule has 1 spiro atoms. The number of hydrogen-bond acceptors (Lipinski definition) is 3. The van der Waals surface area contributed by atoms with E-state index < -0.39 is 0 Å². The van der Waals surface area contributed by atoms with E-state index in [4.69, 9.17) is 4.74 Å². The van der Waals surface area contributed by atoms with Crippen LogP contribution in [0.1, 0.15) is 23.2 Å². The van der Waals surface area contributed by atoms with Crippen LogP contribution in [0.2, 0.25) is 0 Å². The van der Waals surface area contributed by atoms with Crippen LogP contribution in [0, 0.1) is 0 Å². The molecule has 0 aromatic heterocycles. The van der Waals surface area contributed by atoms with Crippen molar-refractivity contribution in [3.8, 4) is 0 Å². The molecule has 2 fully saturated rings. The van der Waals surface area contributed by atoms with Gasteiger partial charge in [0.15, 0.2) is 0 Å². The average molecular weight is 263 g/mol. The second-order valence-electron chi connectivity index (χ2n) is 4.77. The predicted octanol–water partition coefficient (Wildman–Crippen LogP) is 2.38. The molecule has 0 atom stereocenters. The first kappa shape index (κ1) is 12.1. The molecule has 1 aromatic carbocycles. The highest BCUT2D eigenvalue weighted by Gasteiger charge is 2.40. The molecule has 2 heterocycles. The van der Waals surface area contributed by atoms with Gasteiger partial charge in [0.05, 0.1) is 6.61 Å². The van der Waals surface area contributed by atoms with Crippen molar-refractivity contribution in [1.29, 1.82) is 0 Å². The van der Waals surface area contributed by atoms with Crippen molar-refractivity contribution in [3.63, 3.8) is 0 Å². The number of rotatable bonds is 1. The van der Waals surface area contributed by atoms with Crippen LogP contribution in [0.5, 0.6) is 0 Å². The minimum Gasteiger partial charge on any atom is -0.363 e. The molecule has 3 rings (SSSR count). The van der Waals surface area contributed by atoms with E-state index in [0.717, 1.165) is 43.9 Å². The van der Waals surface area contributed by atoms with E-state index in [-0.39, 0.29) is 10.8 Å². The summed E-state index contributed by atoms with van der Waals surface area (Å²) in [7, 11) is 0. The Morgan fingerprint density at radius 2 is 1.94 bits per heavy atom. The van der Waals surface area contributed by atoms with Gasteiger partial charge in [-0.25, -0.2) is 0 Å². The molecule has 96 valence electrons. The summed E-state index contributed by atoms with van der Waals surface area (Å²) in [6, 6.07) is 9.52. The molecule has 1 amide bonds. The number of benzene rings is 1. The molecule has 1 aromatic rings. The lowest BCUT2D eigenvalue weighted by Crippen LogP contribution is -2.45. The fourth-order valence-electron chi connectivity index (χ4n) is 2.60. The highest BCUT2D eigenvalue weighted by atomic mass is 32.2. The molecule has 0 N–H and O–H groups in total. The Hall–Kier alpha value is -1.00. The third kappa shape index (κ3) is 2.27. The van der Waals surface area contributed by atoms with Crippen molar-refractivity contribution >= 4 is 17.7 Å². The monoisotopic (exact) mass is 263 g/mol. The van der Waals surface area contributed by atoms with E-state index in [9.17, 15) is 4.79 Å². The lowest BCUT2D eigenvalue weighted by atomic mass is 10.1. The van der Waals surface area contributed by atoms with Crippen LogP contribution >= 0.6 is 11.8 Å². The van der Waals surface area contributed by atoms with Gasteiger partial charge in [-0.1, -0.05) is 18.2 Å². The predicted molar refractivity (Wildman–Crippen MR) is 72.7 cm³/mol. The molecule has 3 nitrogen and oxygen atoms in total. The van der Waals surface area contributed by atoms with Gasteiger partial charge in [0, 0.05) is 37.2 Å². The maximum Gasteiger partial charge on any atom is 0.253 e. The van der Waals surface area contributed by atoms with E-state index in [1.807, 2.05) is 47.0 Å². The number of nitrogens with zero attached hydrogens (tertiary/aromatic N) is 1. The summed E-state index contributed by atoms with van der Waals surface area (Å²) in [5.41, 5.74) is 0.786. The summed E-state index contributed by atoms with van der Waals surface area (Å²) in [6.45, 7) is 2.47. The number of ether oxygens (including phenoxy) is 1. The SMILES string of the molecule is O=C(c1ccccc1)N1CCC2(CC1)OCCS2. The first-order chi connectivity index (χ1) is 8.79. The van der Waals surface area contributed by atoms with Crippen molar-refractivity contribution < 1.29 is 9.53 Å². The standard InChI is InChI=1S/C14H17NO2S/c16-13(12-4-2-1-3-5-12)15-8-6-14(7-9-15)17-10-11-18-14/h1-5H,6-11H2. The normalized spacial score (nSPS) is 22.3. The molecule has 2 aliphatic heterocycles. The molecule has 4 heteroatoms. The Bertz CT molecular complexity index is 419. The van der Waals surface area contributed by atoms with Crippen molar-refractivity contribution in [2.24, 2.45) is 0 Å². The van der Waals surface area contributed by atoms with Crippen molar-refractivity contribution in [2.45, 2.75) is 17.8 Å². The van der Waals surface area contributed by atoms with Crippen LogP contribution in [-0.4, -0.2) is 41.2 Å². The van der Waals surface area contributed by atoms with E-state index in [0.29, 0.717) is 0 Å². The number of carbonyl (C=O) groups is 1. The zero-order valence-corrected chi connectivity index (χ0v) is 11.1. The summed E-state index contributed by atoms with van der Waals surface area (Å²) in [5, 5.41) is 0. The van der Waals surface area contributed by atoms with Crippen LogP contribution in [-0.2, 0) is 4.74 Å². The zero-order chi connectivity index (χ0) is 12.4. The lowest BCUT2D eigenvalue weighted by Gasteiger charge is -2.37. The summed E-state index contributed by atoms with van der Waals surface area (Å²) >= 11 is 1.92. The van der Waals surface area contributed by atoms with E-state index >= 15 is 0 Å². The van der Waals surface area contributed by atoms with Gasteiger partial charge in [-0.2, -0.15) is 0 Å². The number of piperidine rings is 1. The molecular formula is C14H17NO2S. The molecule has 2 saturated heterocycles. The van der Waals surface area contributed by atoms with Gasteiger partial charge in [0.1, 0.15) is 4.93 Å². The second kappa shape index (κ2) is 4.94. The number of thioether (sulfide) groups is 1. The fourth-order valence-corrected chi connectivity index (χ4v) is 3.78. The molecular weight excluding hydrogens is 246 g/mol. The molecule has 0 saturated carbocycles. The van der Waals surface area contributed by atoms with E-state index in [2.05, 4.69) is 0 Å². The number of hydrogen-bond donors (Lipinski definition) is 0. The number of amides is 1. The zero-order valence-electron chi connectivity index (χ0n) is 10.3. The third-order valence-corrected chi connectivity index (χ3v) is 5.07. The first-order valence-electron chi connectivity index (χ1n) is 6.41. The summed E-state index contributed by atoms with van der Waals surface area (Å²) in [5.74, 6) is 1.24. The molecule has 0 radical (unpaired) electrons. The van der Waals surface area contributed by atoms with Crippen molar-refractivity contribution in [2.75, 3.05) is 25.4 Å². The average Bonchev–Trinajstić information content (AvgIpc) is 2.88. The van der Waals surface area contributed by atoms with Gasteiger partial charge in [0.25, 0.3) is 5.91 Å². The van der Waals surface area contributed by atoms with Crippen LogP contribution in [0.15, 0.2) is 30.3 Å². The van der Waals surface area contributed by atoms with Gasteiger partial charge >= 0.3 is 0 Å². The Balaban J connectivity index is 1.64. The summed E-state index contributed by atoms with van der Waals surface area (Å²) < 4.78 is 5.84. The summed E-state index contributed by atoms with van der Waals surface area (Å²) in [6.07, 6.45) is 1.91. The van der Waals surface area contributed by atoms with Gasteiger partial charge < -0.3 is 9.64 Å². The topological polar surface area (TPSA) is 29.5 Å². The van der Waals surface area contributed by atoms with Gasteiger partial charge in [-0.15, -0.1) is 11.8 Å². The second-order valence-corrected chi connectivity index (χ2v) is 6.21. The molecule has 0 bridgehead atoms. The van der Waals surface area contributed by atoms with Crippen LogP contribution in [0.25, 0.3) is 0 Å². The Labute approximate surface area is 111 Å². The Kier molecular flexibility index (Phi) is 3.31. The lowest BCUT2D eigenvalue weighted by molar-refractivity contribution is 0.00353. The highest BCUT2D eigenvalue weighted by Crippen LogP contribution is 2.41. The van der Waals surface area contributed by atoms with Crippen LogP contribution in [0.3, 0.4) is 0 Å². The van der Waals surface area contributed by atoms with Crippen LogP contribution in [0.4, 0.5) is 0 Å². The first-order valence-corrected chi connectivity index (χ1v) is 7.40. The largest absolute Gasteiger partial charge is 0.363 e. The molecule has 18 heavy (non-hydrogen) atoms. The quantitative estimate of drug-likeness (QED) is 0.779. The summed E-state index contributed by atoms with van der Waals surface area (Å²) in [4.78, 5) is 14.2. The third-order valence-electron chi connectivity index (χ3n) is 3.65. The minimum absolute atomic E-state index is 0.00741. The molecule has 0 aliphatic carbocycles. The fraction of sp³-hybridized carbons (Fsp3) is 0.500. The minimum atomic E-state index is 0.00741. The maximum absolute atomic E-state index is 12.3.